The van der Waals surface area contributed by atoms with Crippen LogP contribution in [-0.2, 0) is 6.54 Å². The van der Waals surface area contributed by atoms with Crippen LogP contribution in [0.3, 0.4) is 0 Å². The minimum absolute atomic E-state index is 0.0607. The van der Waals surface area contributed by atoms with Gasteiger partial charge in [-0.25, -0.2) is 0 Å². The fourth-order valence-corrected chi connectivity index (χ4v) is 4.14. The van der Waals surface area contributed by atoms with Crippen molar-refractivity contribution in [3.63, 3.8) is 0 Å². The number of methoxy groups -OCH3 is 1. The molecule has 0 radical (unpaired) electrons. The lowest BCUT2D eigenvalue weighted by molar-refractivity contribution is 0.104. The molecule has 1 atom stereocenters. The molecule has 0 bridgehead atoms. The van der Waals surface area contributed by atoms with E-state index < -0.39 is 0 Å². The highest BCUT2D eigenvalue weighted by molar-refractivity contribution is 6.16. The highest BCUT2D eigenvalue weighted by Crippen LogP contribution is 2.26. The lowest BCUT2D eigenvalue weighted by Crippen LogP contribution is -2.25. The number of hydrogen-bond acceptors (Lipinski definition) is 3. The average Bonchev–Trinajstić information content (AvgIpc) is 3.29. The summed E-state index contributed by atoms with van der Waals surface area (Å²) < 4.78 is 7.45. The normalized spacial score (nSPS) is 17.5. The second-order valence-electron chi connectivity index (χ2n) is 7.38. The predicted molar refractivity (Wildman–Crippen MR) is 109 cm³/mol. The lowest BCUT2D eigenvalue weighted by Gasteiger charge is -2.19. The Morgan fingerprint density at radius 3 is 2.63 bits per heavy atom. The number of aryl methyl sites for hydroxylation is 1. The first-order valence-corrected chi connectivity index (χ1v) is 9.64. The monoisotopic (exact) mass is 362 g/mol. The van der Waals surface area contributed by atoms with Crippen LogP contribution in [0.25, 0.3) is 10.9 Å². The maximum atomic E-state index is 13.1. The van der Waals surface area contributed by atoms with E-state index in [9.17, 15) is 4.79 Å². The minimum atomic E-state index is 0.0607. The van der Waals surface area contributed by atoms with Crippen LogP contribution in [0.1, 0.15) is 35.2 Å². The summed E-state index contributed by atoms with van der Waals surface area (Å²) in [6.45, 7) is 2.13. The Labute approximate surface area is 160 Å². The summed E-state index contributed by atoms with van der Waals surface area (Å²) in [5.41, 5.74) is 2.60. The first kappa shape index (κ1) is 17.8. The third-order valence-electron chi connectivity index (χ3n) is 5.76. The Balaban J connectivity index is 1.63. The molecule has 4 rings (SSSR count). The molecule has 1 unspecified atom stereocenters. The van der Waals surface area contributed by atoms with Gasteiger partial charge in [0.05, 0.1) is 7.11 Å². The van der Waals surface area contributed by atoms with Gasteiger partial charge in [0, 0.05) is 40.8 Å². The molecular formula is C23H26N2O2. The third-order valence-corrected chi connectivity index (χ3v) is 5.76. The predicted octanol–water partition coefficient (Wildman–Crippen LogP) is 4.37. The van der Waals surface area contributed by atoms with E-state index in [0.29, 0.717) is 11.6 Å². The molecule has 0 aliphatic carbocycles. The fraction of sp³-hybridized carbons (Fsp3) is 0.348. The van der Waals surface area contributed by atoms with Gasteiger partial charge in [0.1, 0.15) is 5.75 Å². The summed E-state index contributed by atoms with van der Waals surface area (Å²) >= 11 is 0. The molecule has 1 saturated heterocycles. The van der Waals surface area contributed by atoms with Crippen LogP contribution in [0.2, 0.25) is 0 Å². The fourth-order valence-electron chi connectivity index (χ4n) is 4.14. The molecule has 0 amide bonds. The molecule has 4 heteroatoms. The molecule has 140 valence electrons. The number of para-hydroxylation sites is 1. The van der Waals surface area contributed by atoms with Gasteiger partial charge in [0.15, 0.2) is 5.78 Å². The molecule has 27 heavy (non-hydrogen) atoms. The summed E-state index contributed by atoms with van der Waals surface area (Å²) in [7, 11) is 3.84. The number of carbonyl (C=O) groups is 1. The van der Waals surface area contributed by atoms with Crippen molar-refractivity contribution in [3.8, 4) is 5.75 Å². The van der Waals surface area contributed by atoms with Crippen LogP contribution in [0.5, 0.6) is 5.75 Å². The topological polar surface area (TPSA) is 34.5 Å². The SMILES string of the molecule is COc1ccc(C(=O)c2cn(CCC3CCCN3C)c3ccccc23)cc1. The van der Waals surface area contributed by atoms with Crippen LogP contribution in [-0.4, -0.2) is 42.0 Å². The second kappa shape index (κ2) is 7.57. The Morgan fingerprint density at radius 2 is 1.93 bits per heavy atom. The third kappa shape index (κ3) is 3.50. The number of ether oxygens (including phenoxy) is 1. The average molecular weight is 362 g/mol. The number of nitrogens with zero attached hydrogens (tertiary/aromatic N) is 2. The number of carbonyl (C=O) groups excluding carboxylic acids is 1. The van der Waals surface area contributed by atoms with Crippen LogP contribution >= 0.6 is 0 Å². The Morgan fingerprint density at radius 1 is 1.15 bits per heavy atom. The second-order valence-corrected chi connectivity index (χ2v) is 7.38. The van der Waals surface area contributed by atoms with Crippen molar-refractivity contribution in [1.29, 1.82) is 0 Å². The van der Waals surface area contributed by atoms with E-state index in [4.69, 9.17) is 4.74 Å². The van der Waals surface area contributed by atoms with Crippen LogP contribution in [0.15, 0.2) is 54.7 Å². The van der Waals surface area contributed by atoms with E-state index in [1.54, 1.807) is 7.11 Å². The zero-order chi connectivity index (χ0) is 18.8. The maximum Gasteiger partial charge on any atom is 0.195 e. The molecular weight excluding hydrogens is 336 g/mol. The van der Waals surface area contributed by atoms with Crippen molar-refractivity contribution in [3.05, 3.63) is 65.9 Å². The van der Waals surface area contributed by atoms with Crippen molar-refractivity contribution >= 4 is 16.7 Å². The Kier molecular flexibility index (Phi) is 4.99. The molecule has 1 aliphatic rings. The largest absolute Gasteiger partial charge is 0.497 e. The van der Waals surface area contributed by atoms with Gasteiger partial charge < -0.3 is 14.2 Å². The zero-order valence-corrected chi connectivity index (χ0v) is 16.0. The molecule has 3 aromatic rings. The van der Waals surface area contributed by atoms with Gasteiger partial charge in [0.25, 0.3) is 0 Å². The zero-order valence-electron chi connectivity index (χ0n) is 16.0. The van der Waals surface area contributed by atoms with Gasteiger partial charge >= 0.3 is 0 Å². The van der Waals surface area contributed by atoms with Gasteiger partial charge in [-0.05, 0) is 63.2 Å². The van der Waals surface area contributed by atoms with Crippen LogP contribution in [0.4, 0.5) is 0 Å². The van der Waals surface area contributed by atoms with Gasteiger partial charge in [-0.2, -0.15) is 0 Å². The van der Waals surface area contributed by atoms with Gasteiger partial charge in [-0.3, -0.25) is 4.79 Å². The van der Waals surface area contributed by atoms with Crippen LogP contribution < -0.4 is 4.74 Å². The highest BCUT2D eigenvalue weighted by atomic mass is 16.5. The number of benzene rings is 2. The molecule has 2 aromatic carbocycles. The number of fused-ring (bicyclic) bond motifs is 1. The summed E-state index contributed by atoms with van der Waals surface area (Å²) in [5.74, 6) is 0.820. The van der Waals surface area contributed by atoms with E-state index in [2.05, 4.69) is 22.6 Å². The minimum Gasteiger partial charge on any atom is -0.497 e. The van der Waals surface area contributed by atoms with Gasteiger partial charge in [-0.15, -0.1) is 0 Å². The number of likely N-dealkylation sites (tertiary alicyclic amines) is 1. The number of ketones is 1. The smallest absolute Gasteiger partial charge is 0.195 e. The molecule has 1 fully saturated rings. The van der Waals surface area contributed by atoms with Crippen molar-refractivity contribution in [2.75, 3.05) is 20.7 Å². The van der Waals surface area contributed by atoms with Gasteiger partial charge in [-0.1, -0.05) is 18.2 Å². The molecule has 0 spiro atoms. The van der Waals surface area contributed by atoms with E-state index in [1.165, 1.54) is 19.4 Å². The number of rotatable bonds is 6. The standard InChI is InChI=1S/C23H26N2O2/c1-24-14-5-6-18(24)13-15-25-16-21(20-7-3-4-8-22(20)25)23(26)17-9-11-19(27-2)12-10-17/h3-4,7-12,16,18H,5-6,13-15H2,1-2H3. The highest BCUT2D eigenvalue weighted by Gasteiger charge is 2.22. The number of hydrogen-bond donors (Lipinski definition) is 0. The lowest BCUT2D eigenvalue weighted by atomic mass is 10.0. The van der Waals surface area contributed by atoms with E-state index >= 15 is 0 Å². The first-order valence-electron chi connectivity index (χ1n) is 9.64. The Bertz CT molecular complexity index is 943. The van der Waals surface area contributed by atoms with E-state index in [0.717, 1.165) is 35.2 Å². The van der Waals surface area contributed by atoms with Gasteiger partial charge in [0.2, 0.25) is 0 Å². The maximum absolute atomic E-state index is 13.1. The summed E-state index contributed by atoms with van der Waals surface area (Å²) in [6.07, 6.45) is 5.71. The van der Waals surface area contributed by atoms with Crippen molar-refractivity contribution in [2.24, 2.45) is 0 Å². The molecule has 4 nitrogen and oxygen atoms in total. The van der Waals surface area contributed by atoms with Crippen molar-refractivity contribution < 1.29 is 9.53 Å². The molecule has 2 heterocycles. The molecule has 0 saturated carbocycles. The quantitative estimate of drug-likeness (QED) is 0.611. The first-order chi connectivity index (χ1) is 13.2. The Hall–Kier alpha value is -2.59. The molecule has 1 aliphatic heterocycles. The van der Waals surface area contributed by atoms with E-state index in [-0.39, 0.29) is 5.78 Å². The molecule has 1 aromatic heterocycles. The summed E-state index contributed by atoms with van der Waals surface area (Å²) in [6, 6.07) is 16.2. The summed E-state index contributed by atoms with van der Waals surface area (Å²) in [5, 5.41) is 1.03. The van der Waals surface area contributed by atoms with Crippen molar-refractivity contribution in [2.45, 2.75) is 31.8 Å². The number of aromatic nitrogens is 1. The summed E-state index contributed by atoms with van der Waals surface area (Å²) in [4.78, 5) is 15.6. The van der Waals surface area contributed by atoms with Crippen LogP contribution in [0, 0.1) is 0 Å². The molecule has 0 N–H and O–H groups in total. The van der Waals surface area contributed by atoms with Crippen molar-refractivity contribution in [1.82, 2.24) is 9.47 Å². The van der Waals surface area contributed by atoms with E-state index in [1.807, 2.05) is 48.7 Å².